The van der Waals surface area contributed by atoms with E-state index < -0.39 is 10.0 Å². The highest BCUT2D eigenvalue weighted by atomic mass is 32.2. The van der Waals surface area contributed by atoms with Crippen LogP contribution in [0.25, 0.3) is 32.7 Å². The summed E-state index contributed by atoms with van der Waals surface area (Å²) in [6.07, 6.45) is 4.99. The minimum absolute atomic E-state index is 0.260. The van der Waals surface area contributed by atoms with Gasteiger partial charge in [0, 0.05) is 40.3 Å². The molecule has 0 radical (unpaired) electrons. The van der Waals surface area contributed by atoms with Crippen LogP contribution in [0, 0.1) is 6.92 Å². The molecule has 128 valence electrons. The van der Waals surface area contributed by atoms with Crippen LogP contribution in [0.3, 0.4) is 0 Å². The summed E-state index contributed by atoms with van der Waals surface area (Å²) in [7, 11) is -3.65. The van der Waals surface area contributed by atoms with Gasteiger partial charge in [-0.15, -0.1) is 0 Å². The van der Waals surface area contributed by atoms with E-state index in [2.05, 4.69) is 9.97 Å². The Hall–Kier alpha value is -3.12. The Balaban J connectivity index is 1.77. The Morgan fingerprint density at radius 2 is 1.69 bits per heavy atom. The normalized spacial score (nSPS) is 12.3. The molecule has 0 atom stereocenters. The SMILES string of the molecule is Cc1ccc(S(=O)(=O)n2cc3ncc4c5ccccc5[nH]c4c3c2)cc1. The number of hydrogen-bond donors (Lipinski definition) is 1. The molecule has 3 aromatic heterocycles. The molecule has 5 rings (SSSR count). The molecule has 6 heteroatoms. The van der Waals surface area contributed by atoms with Gasteiger partial charge in [0.05, 0.1) is 15.9 Å². The quantitative estimate of drug-likeness (QED) is 0.512. The molecule has 0 spiro atoms. The van der Waals surface area contributed by atoms with Crippen molar-refractivity contribution in [3.63, 3.8) is 0 Å². The van der Waals surface area contributed by atoms with E-state index in [1.165, 1.54) is 3.97 Å². The van der Waals surface area contributed by atoms with E-state index in [0.29, 0.717) is 5.52 Å². The van der Waals surface area contributed by atoms with Crippen molar-refractivity contribution in [2.24, 2.45) is 0 Å². The summed E-state index contributed by atoms with van der Waals surface area (Å²) in [5.74, 6) is 0. The van der Waals surface area contributed by atoms with Crippen molar-refractivity contribution >= 4 is 42.7 Å². The van der Waals surface area contributed by atoms with Crippen LogP contribution in [0.2, 0.25) is 0 Å². The topological polar surface area (TPSA) is 67.8 Å². The van der Waals surface area contributed by atoms with Crippen LogP contribution in [0.1, 0.15) is 5.56 Å². The van der Waals surface area contributed by atoms with E-state index in [4.69, 9.17) is 0 Å². The lowest BCUT2D eigenvalue weighted by molar-refractivity contribution is 0.587. The van der Waals surface area contributed by atoms with Gasteiger partial charge in [0.2, 0.25) is 0 Å². The zero-order valence-electron chi connectivity index (χ0n) is 14.0. The van der Waals surface area contributed by atoms with Gasteiger partial charge < -0.3 is 4.98 Å². The van der Waals surface area contributed by atoms with Crippen LogP contribution in [0.4, 0.5) is 0 Å². The van der Waals surface area contributed by atoms with Crippen molar-refractivity contribution in [3.05, 3.63) is 72.7 Å². The molecule has 5 aromatic rings. The number of aromatic amines is 1. The minimum Gasteiger partial charge on any atom is -0.354 e. The van der Waals surface area contributed by atoms with E-state index in [0.717, 1.165) is 32.8 Å². The van der Waals surface area contributed by atoms with Crippen LogP contribution >= 0.6 is 0 Å². The molecule has 0 saturated heterocycles. The van der Waals surface area contributed by atoms with Gasteiger partial charge in [-0.05, 0) is 25.1 Å². The number of nitrogens with one attached hydrogen (secondary N) is 1. The maximum atomic E-state index is 12.9. The first-order chi connectivity index (χ1) is 12.5. The van der Waals surface area contributed by atoms with Crippen LogP contribution in [-0.2, 0) is 10.0 Å². The number of fused-ring (bicyclic) bond motifs is 5. The second-order valence-electron chi connectivity index (χ2n) is 6.42. The van der Waals surface area contributed by atoms with Gasteiger partial charge in [-0.25, -0.2) is 12.4 Å². The average Bonchev–Trinajstić information content (AvgIpc) is 3.23. The van der Waals surface area contributed by atoms with Crippen LogP contribution in [0.5, 0.6) is 0 Å². The molecule has 1 N–H and O–H groups in total. The van der Waals surface area contributed by atoms with Gasteiger partial charge >= 0.3 is 0 Å². The Kier molecular flexibility index (Phi) is 3.02. The predicted molar refractivity (Wildman–Crippen MR) is 103 cm³/mol. The van der Waals surface area contributed by atoms with Gasteiger partial charge in [-0.1, -0.05) is 35.9 Å². The molecule has 3 heterocycles. The van der Waals surface area contributed by atoms with E-state index >= 15 is 0 Å². The van der Waals surface area contributed by atoms with Crippen molar-refractivity contribution in [1.29, 1.82) is 0 Å². The van der Waals surface area contributed by atoms with Gasteiger partial charge in [0.25, 0.3) is 10.0 Å². The number of pyridine rings is 1. The summed E-state index contributed by atoms with van der Waals surface area (Å²) in [6.45, 7) is 1.93. The van der Waals surface area contributed by atoms with Crippen molar-refractivity contribution in [2.75, 3.05) is 0 Å². The van der Waals surface area contributed by atoms with Gasteiger partial charge in [0.15, 0.2) is 0 Å². The molecule has 0 bridgehead atoms. The van der Waals surface area contributed by atoms with Crippen LogP contribution < -0.4 is 0 Å². The maximum absolute atomic E-state index is 12.9. The Labute approximate surface area is 150 Å². The highest BCUT2D eigenvalue weighted by molar-refractivity contribution is 7.90. The fraction of sp³-hybridized carbons (Fsp3) is 0.0500. The number of aryl methyl sites for hydroxylation is 1. The Morgan fingerprint density at radius 1 is 0.923 bits per heavy atom. The highest BCUT2D eigenvalue weighted by Crippen LogP contribution is 2.31. The fourth-order valence-electron chi connectivity index (χ4n) is 3.33. The summed E-state index contributed by atoms with van der Waals surface area (Å²) >= 11 is 0. The largest absolute Gasteiger partial charge is 0.354 e. The molecule has 5 nitrogen and oxygen atoms in total. The number of H-pyrrole nitrogens is 1. The number of aromatic nitrogens is 3. The lowest BCUT2D eigenvalue weighted by atomic mass is 10.2. The van der Waals surface area contributed by atoms with Crippen molar-refractivity contribution in [1.82, 2.24) is 13.9 Å². The summed E-state index contributed by atoms with van der Waals surface area (Å²) < 4.78 is 27.1. The highest BCUT2D eigenvalue weighted by Gasteiger charge is 2.19. The monoisotopic (exact) mass is 361 g/mol. The first-order valence-electron chi connectivity index (χ1n) is 8.23. The molecule has 0 aliphatic rings. The minimum atomic E-state index is -3.65. The summed E-state index contributed by atoms with van der Waals surface area (Å²) in [4.78, 5) is 8.11. The Morgan fingerprint density at radius 3 is 2.50 bits per heavy atom. The van der Waals surface area contributed by atoms with Gasteiger partial charge in [-0.3, -0.25) is 4.98 Å². The summed E-state index contributed by atoms with van der Waals surface area (Å²) in [5, 5.41) is 2.85. The average molecular weight is 361 g/mol. The van der Waals surface area contributed by atoms with Crippen molar-refractivity contribution < 1.29 is 8.42 Å². The second kappa shape index (κ2) is 5.19. The van der Waals surface area contributed by atoms with E-state index in [1.54, 1.807) is 42.9 Å². The molecule has 0 aliphatic heterocycles. The number of hydrogen-bond acceptors (Lipinski definition) is 3. The molecule has 0 fully saturated rings. The van der Waals surface area contributed by atoms with E-state index in [1.807, 2.05) is 31.2 Å². The third-order valence-corrected chi connectivity index (χ3v) is 6.36. The molecule has 26 heavy (non-hydrogen) atoms. The smallest absolute Gasteiger partial charge is 0.267 e. The number of benzene rings is 2. The zero-order chi connectivity index (χ0) is 17.9. The lowest BCUT2D eigenvalue weighted by Gasteiger charge is -2.05. The van der Waals surface area contributed by atoms with E-state index in [-0.39, 0.29) is 4.90 Å². The number of para-hydroxylation sites is 1. The summed E-state index contributed by atoms with van der Waals surface area (Å²) in [5.41, 5.74) is 3.56. The third kappa shape index (κ3) is 2.09. The number of rotatable bonds is 2. The van der Waals surface area contributed by atoms with Gasteiger partial charge in [0.1, 0.15) is 0 Å². The fourth-order valence-corrected chi connectivity index (χ4v) is 4.54. The molecule has 2 aromatic carbocycles. The lowest BCUT2D eigenvalue weighted by Crippen LogP contribution is -2.10. The van der Waals surface area contributed by atoms with Crippen molar-refractivity contribution in [3.8, 4) is 0 Å². The summed E-state index contributed by atoms with van der Waals surface area (Å²) in [6, 6.07) is 14.8. The van der Waals surface area contributed by atoms with Gasteiger partial charge in [-0.2, -0.15) is 0 Å². The first kappa shape index (κ1) is 15.2. The Bertz CT molecular complexity index is 1390. The molecule has 0 unspecified atom stereocenters. The van der Waals surface area contributed by atoms with Crippen molar-refractivity contribution in [2.45, 2.75) is 11.8 Å². The maximum Gasteiger partial charge on any atom is 0.267 e. The molecular weight excluding hydrogens is 346 g/mol. The van der Waals surface area contributed by atoms with Crippen LogP contribution in [-0.4, -0.2) is 22.4 Å². The van der Waals surface area contributed by atoms with Crippen LogP contribution in [0.15, 0.2) is 72.0 Å². The second-order valence-corrected chi connectivity index (χ2v) is 8.27. The first-order valence-corrected chi connectivity index (χ1v) is 9.67. The molecule has 0 aliphatic carbocycles. The standard InChI is InChI=1S/C20H15N3O2S/c1-13-6-8-14(9-7-13)26(24,25)23-11-17-19(12-23)21-10-16-15-4-2-3-5-18(15)22-20(16)17/h2-12,22H,1H3. The zero-order valence-corrected chi connectivity index (χ0v) is 14.8. The molecular formula is C20H15N3O2S. The number of nitrogens with zero attached hydrogens (tertiary/aromatic N) is 2. The van der Waals surface area contributed by atoms with E-state index in [9.17, 15) is 8.42 Å². The molecule has 0 amide bonds. The third-order valence-electron chi connectivity index (χ3n) is 4.73. The molecule has 0 saturated carbocycles. The predicted octanol–water partition coefficient (Wildman–Crippen LogP) is 4.22.